The largest absolute Gasteiger partial charge is 0.503 e. The van der Waals surface area contributed by atoms with Gasteiger partial charge in [0.1, 0.15) is 5.82 Å². The number of benzene rings is 1. The number of thiophene rings is 1. The number of unbranched alkanes of at least 4 members (excludes halogenated alkanes) is 1. The summed E-state index contributed by atoms with van der Waals surface area (Å²) in [4.78, 5) is 27.4. The van der Waals surface area contributed by atoms with Gasteiger partial charge in [0.25, 0.3) is 5.91 Å². The summed E-state index contributed by atoms with van der Waals surface area (Å²) in [5, 5.41) is 12.1. The van der Waals surface area contributed by atoms with Gasteiger partial charge >= 0.3 is 0 Å². The van der Waals surface area contributed by atoms with Gasteiger partial charge in [0.05, 0.1) is 16.5 Å². The fourth-order valence-corrected chi connectivity index (χ4v) is 3.65. The molecule has 130 valence electrons. The maximum absolute atomic E-state index is 13.3. The Morgan fingerprint density at radius 2 is 2.00 bits per heavy atom. The monoisotopic (exact) mass is 359 g/mol. The van der Waals surface area contributed by atoms with E-state index in [0.29, 0.717) is 17.0 Å². The lowest BCUT2D eigenvalue weighted by Gasteiger charge is -2.26. The van der Waals surface area contributed by atoms with Gasteiger partial charge in [-0.2, -0.15) is 0 Å². The summed E-state index contributed by atoms with van der Waals surface area (Å²) in [6, 6.07) is 8.39. The third kappa shape index (κ3) is 3.22. The van der Waals surface area contributed by atoms with Crippen LogP contribution in [0.5, 0.6) is 0 Å². The van der Waals surface area contributed by atoms with Crippen molar-refractivity contribution in [3.05, 3.63) is 69.4 Å². The molecule has 0 aliphatic carbocycles. The van der Waals surface area contributed by atoms with Crippen LogP contribution in [0.15, 0.2) is 53.1 Å². The smallest absolute Gasteiger partial charge is 0.290 e. The van der Waals surface area contributed by atoms with Crippen molar-refractivity contribution in [2.75, 3.05) is 6.54 Å². The zero-order valence-corrected chi connectivity index (χ0v) is 14.6. The molecule has 4 nitrogen and oxygen atoms in total. The Morgan fingerprint density at radius 3 is 2.60 bits per heavy atom. The van der Waals surface area contributed by atoms with Crippen LogP contribution in [-0.2, 0) is 4.79 Å². The number of Topliss-reactive ketones (excluding diaryl/α,β-unsaturated/α-hetero) is 1. The summed E-state index contributed by atoms with van der Waals surface area (Å²) in [6.07, 6.45) is 1.62. The molecule has 0 radical (unpaired) electrons. The highest BCUT2D eigenvalue weighted by Gasteiger charge is 2.43. The second-order valence-corrected chi connectivity index (χ2v) is 6.82. The van der Waals surface area contributed by atoms with Crippen LogP contribution in [0.3, 0.4) is 0 Å². The van der Waals surface area contributed by atoms with E-state index < -0.39 is 23.5 Å². The van der Waals surface area contributed by atoms with Gasteiger partial charge in [0, 0.05) is 6.54 Å². The zero-order valence-electron chi connectivity index (χ0n) is 13.7. The minimum atomic E-state index is -0.700. The second kappa shape index (κ2) is 7.19. The van der Waals surface area contributed by atoms with Crippen molar-refractivity contribution < 1.29 is 19.1 Å². The maximum atomic E-state index is 13.3. The molecule has 6 heteroatoms. The van der Waals surface area contributed by atoms with Gasteiger partial charge in [-0.3, -0.25) is 9.59 Å². The lowest BCUT2D eigenvalue weighted by molar-refractivity contribution is -0.129. The van der Waals surface area contributed by atoms with E-state index in [9.17, 15) is 19.1 Å². The third-order valence-electron chi connectivity index (χ3n) is 4.23. The minimum Gasteiger partial charge on any atom is -0.503 e. The van der Waals surface area contributed by atoms with Gasteiger partial charge in [-0.25, -0.2) is 4.39 Å². The van der Waals surface area contributed by atoms with Crippen LogP contribution >= 0.6 is 11.3 Å². The summed E-state index contributed by atoms with van der Waals surface area (Å²) < 4.78 is 13.3. The molecule has 1 N–H and O–H groups in total. The molecule has 1 amide bonds. The van der Waals surface area contributed by atoms with E-state index in [4.69, 9.17) is 0 Å². The Labute approximate surface area is 149 Å². The quantitative estimate of drug-likeness (QED) is 0.784. The Morgan fingerprint density at radius 1 is 1.28 bits per heavy atom. The molecule has 2 aromatic rings. The van der Waals surface area contributed by atoms with Crippen molar-refractivity contribution >= 4 is 23.0 Å². The molecule has 1 aliphatic rings. The SMILES string of the molecule is CCCCN1C(=O)C(O)=C(C(=O)c2cccs2)C1c1ccc(F)cc1. The summed E-state index contributed by atoms with van der Waals surface area (Å²) >= 11 is 1.26. The van der Waals surface area contributed by atoms with E-state index in [1.54, 1.807) is 29.6 Å². The number of rotatable bonds is 6. The van der Waals surface area contributed by atoms with Gasteiger partial charge in [-0.15, -0.1) is 11.3 Å². The summed E-state index contributed by atoms with van der Waals surface area (Å²) in [6.45, 7) is 2.42. The Balaban J connectivity index is 2.06. The van der Waals surface area contributed by atoms with Crippen molar-refractivity contribution in [2.24, 2.45) is 0 Å². The van der Waals surface area contributed by atoms with E-state index >= 15 is 0 Å². The molecule has 0 saturated heterocycles. The predicted molar refractivity (Wildman–Crippen MR) is 94.1 cm³/mol. The number of amides is 1. The number of hydrogen-bond acceptors (Lipinski definition) is 4. The Kier molecular flexibility index (Phi) is 4.99. The van der Waals surface area contributed by atoms with E-state index in [1.807, 2.05) is 6.92 Å². The van der Waals surface area contributed by atoms with Crippen LogP contribution in [0.4, 0.5) is 4.39 Å². The van der Waals surface area contributed by atoms with Crippen LogP contribution in [0.1, 0.15) is 41.0 Å². The highest BCUT2D eigenvalue weighted by molar-refractivity contribution is 7.12. The van der Waals surface area contributed by atoms with Crippen LogP contribution in [-0.4, -0.2) is 28.2 Å². The summed E-state index contributed by atoms with van der Waals surface area (Å²) in [7, 11) is 0. The maximum Gasteiger partial charge on any atom is 0.290 e. The number of aliphatic hydroxyl groups excluding tert-OH is 1. The number of carbonyl (C=O) groups excluding carboxylic acids is 2. The first-order chi connectivity index (χ1) is 12.0. The molecule has 1 aliphatic heterocycles. The molecule has 3 rings (SSSR count). The molecule has 25 heavy (non-hydrogen) atoms. The lowest BCUT2D eigenvalue weighted by Crippen LogP contribution is -2.32. The number of hydrogen-bond donors (Lipinski definition) is 1. The normalized spacial score (nSPS) is 17.4. The van der Waals surface area contributed by atoms with E-state index in [0.717, 1.165) is 12.8 Å². The molecule has 0 fully saturated rings. The average molecular weight is 359 g/mol. The summed E-state index contributed by atoms with van der Waals surface area (Å²) in [5.74, 6) is -1.83. The van der Waals surface area contributed by atoms with Gasteiger partial charge in [0.2, 0.25) is 5.78 Å². The van der Waals surface area contributed by atoms with Gasteiger partial charge in [-0.1, -0.05) is 31.5 Å². The average Bonchev–Trinajstić information content (AvgIpc) is 3.22. The van der Waals surface area contributed by atoms with Crippen LogP contribution in [0.2, 0.25) is 0 Å². The topological polar surface area (TPSA) is 57.6 Å². The molecular formula is C19H18FNO3S. The Hall–Kier alpha value is -2.47. The number of ketones is 1. The number of halogens is 1. The van der Waals surface area contributed by atoms with E-state index in [1.165, 1.54) is 28.4 Å². The number of aliphatic hydroxyl groups is 1. The first-order valence-electron chi connectivity index (χ1n) is 8.12. The molecule has 1 aromatic heterocycles. The first-order valence-corrected chi connectivity index (χ1v) is 9.00. The molecular weight excluding hydrogens is 341 g/mol. The van der Waals surface area contributed by atoms with Gasteiger partial charge in [0.15, 0.2) is 5.76 Å². The number of nitrogens with zero attached hydrogens (tertiary/aromatic N) is 1. The first kappa shape index (κ1) is 17.4. The molecule has 0 spiro atoms. The summed E-state index contributed by atoms with van der Waals surface area (Å²) in [5.41, 5.74) is 0.671. The highest BCUT2D eigenvalue weighted by atomic mass is 32.1. The standard InChI is InChI=1S/C19H18FNO3S/c1-2-3-10-21-16(12-6-8-13(20)9-7-12)15(18(23)19(21)24)17(22)14-5-4-11-25-14/h4-9,11,16,23H,2-3,10H2,1H3. The van der Waals surface area contributed by atoms with E-state index in [2.05, 4.69) is 0 Å². The van der Waals surface area contributed by atoms with Gasteiger partial charge in [-0.05, 0) is 35.6 Å². The van der Waals surface area contributed by atoms with Crippen molar-refractivity contribution in [1.29, 1.82) is 0 Å². The molecule has 1 unspecified atom stereocenters. The molecule has 0 bridgehead atoms. The fraction of sp³-hybridized carbons (Fsp3) is 0.263. The fourth-order valence-electron chi connectivity index (χ4n) is 2.98. The second-order valence-electron chi connectivity index (χ2n) is 5.87. The Bertz CT molecular complexity index is 812. The zero-order chi connectivity index (χ0) is 18.0. The van der Waals surface area contributed by atoms with Crippen molar-refractivity contribution in [2.45, 2.75) is 25.8 Å². The molecule has 1 aromatic carbocycles. The van der Waals surface area contributed by atoms with Crippen molar-refractivity contribution in [3.8, 4) is 0 Å². The predicted octanol–water partition coefficient (Wildman–Crippen LogP) is 4.27. The third-order valence-corrected chi connectivity index (χ3v) is 5.10. The van der Waals surface area contributed by atoms with Crippen LogP contribution in [0.25, 0.3) is 0 Å². The lowest BCUT2D eigenvalue weighted by atomic mass is 9.95. The highest BCUT2D eigenvalue weighted by Crippen LogP contribution is 2.39. The van der Waals surface area contributed by atoms with Crippen molar-refractivity contribution in [1.82, 2.24) is 4.90 Å². The van der Waals surface area contributed by atoms with Crippen LogP contribution in [0, 0.1) is 5.82 Å². The molecule has 1 atom stereocenters. The minimum absolute atomic E-state index is 0.0650. The van der Waals surface area contributed by atoms with Gasteiger partial charge < -0.3 is 10.0 Å². The number of carbonyl (C=O) groups is 2. The van der Waals surface area contributed by atoms with Crippen LogP contribution < -0.4 is 0 Å². The molecule has 0 saturated carbocycles. The van der Waals surface area contributed by atoms with Crippen molar-refractivity contribution in [3.63, 3.8) is 0 Å². The molecule has 2 heterocycles. The van der Waals surface area contributed by atoms with E-state index in [-0.39, 0.29) is 11.4 Å².